The van der Waals surface area contributed by atoms with Crippen molar-refractivity contribution in [1.29, 1.82) is 0 Å². The molecule has 0 aliphatic heterocycles. The molecule has 0 atom stereocenters. The zero-order valence-corrected chi connectivity index (χ0v) is 10.4. The van der Waals surface area contributed by atoms with Gasteiger partial charge in [0.15, 0.2) is 0 Å². The van der Waals surface area contributed by atoms with Gasteiger partial charge < -0.3 is 9.47 Å². The Morgan fingerprint density at radius 3 is 2.56 bits per heavy atom. The van der Waals surface area contributed by atoms with Gasteiger partial charge in [0, 0.05) is 11.5 Å². The molecule has 1 aromatic rings. The smallest absolute Gasteiger partial charge is 0.486 e. The lowest BCUT2D eigenvalue weighted by atomic mass is 10.2. The highest BCUT2D eigenvalue weighted by Crippen LogP contribution is 2.40. The van der Waals surface area contributed by atoms with E-state index in [9.17, 15) is 23.3 Å². The van der Waals surface area contributed by atoms with Gasteiger partial charge in [0.2, 0.25) is 0 Å². The Bertz CT molecular complexity index is 466. The fourth-order valence-corrected chi connectivity index (χ4v) is 1.58. The van der Waals surface area contributed by atoms with E-state index in [1.165, 1.54) is 0 Å². The van der Waals surface area contributed by atoms with Gasteiger partial charge in [-0.2, -0.15) is 0 Å². The number of rotatable bonds is 4. The fraction of sp³-hybridized carbons (Fsp3) is 0.375. The van der Waals surface area contributed by atoms with Crippen LogP contribution < -0.4 is 9.47 Å². The lowest BCUT2D eigenvalue weighted by Gasteiger charge is -2.12. The maximum absolute atomic E-state index is 12.1. The van der Waals surface area contributed by atoms with Crippen LogP contribution in [0.5, 0.6) is 11.6 Å². The summed E-state index contributed by atoms with van der Waals surface area (Å²) in [4.78, 5) is 13.3. The molecule has 0 fully saturated rings. The minimum absolute atomic E-state index is 0.0406. The molecule has 6 nitrogen and oxygen atoms in total. The van der Waals surface area contributed by atoms with Crippen molar-refractivity contribution in [3.8, 4) is 11.6 Å². The molecule has 0 radical (unpaired) electrons. The number of nitrogens with zero attached hydrogens (tertiary/aromatic N) is 2. The van der Waals surface area contributed by atoms with Gasteiger partial charge in [-0.1, -0.05) is 15.9 Å². The molecule has 0 spiro atoms. The van der Waals surface area contributed by atoms with E-state index in [1.807, 2.05) is 0 Å². The predicted molar refractivity (Wildman–Crippen MR) is 56.8 cm³/mol. The summed E-state index contributed by atoms with van der Waals surface area (Å²) >= 11 is 2.96. The summed E-state index contributed by atoms with van der Waals surface area (Å²) in [6.07, 6.45) is -4.10. The molecule has 0 amide bonds. The van der Waals surface area contributed by atoms with E-state index >= 15 is 0 Å². The lowest BCUT2D eigenvalue weighted by Crippen LogP contribution is -2.19. The number of alkyl halides is 4. The van der Waals surface area contributed by atoms with Gasteiger partial charge in [-0.15, -0.1) is 13.2 Å². The number of methoxy groups -OCH3 is 1. The topological polar surface area (TPSA) is 74.5 Å². The summed E-state index contributed by atoms with van der Waals surface area (Å²) in [5.41, 5.74) is -0.546. The molecule has 0 N–H and O–H groups in total. The third kappa shape index (κ3) is 3.22. The highest BCUT2D eigenvalue weighted by molar-refractivity contribution is 9.08. The molecular formula is C8H6BrF3N2O4. The molecule has 100 valence electrons. The zero-order chi connectivity index (χ0) is 13.9. The molecule has 0 saturated carbocycles. The SMILES string of the molecule is COc1c(OC(F)(F)F)ncc(CBr)c1[N+](=O)[O-]. The molecule has 0 bridgehead atoms. The highest BCUT2D eigenvalue weighted by Gasteiger charge is 2.36. The second kappa shape index (κ2) is 5.38. The summed E-state index contributed by atoms with van der Waals surface area (Å²) in [6.45, 7) is 0. The van der Waals surface area contributed by atoms with Gasteiger partial charge in [0.05, 0.1) is 17.6 Å². The van der Waals surface area contributed by atoms with Crippen LogP contribution in [0.1, 0.15) is 5.56 Å². The van der Waals surface area contributed by atoms with Crippen molar-refractivity contribution in [2.45, 2.75) is 11.7 Å². The normalized spacial score (nSPS) is 11.2. The minimum atomic E-state index is -5.01. The van der Waals surface area contributed by atoms with Crippen molar-refractivity contribution < 1.29 is 27.6 Å². The summed E-state index contributed by atoms with van der Waals surface area (Å²) in [5, 5.41) is 10.9. The van der Waals surface area contributed by atoms with Gasteiger partial charge in [0.25, 0.3) is 11.6 Å². The fourth-order valence-electron chi connectivity index (χ4n) is 1.17. The quantitative estimate of drug-likeness (QED) is 0.482. The number of aromatic nitrogens is 1. The van der Waals surface area contributed by atoms with Crippen LogP contribution in [0.2, 0.25) is 0 Å². The first-order chi connectivity index (χ1) is 8.30. The Labute approximate surface area is 107 Å². The standard InChI is InChI=1S/C8H6BrF3N2O4/c1-17-6-5(14(15)16)4(2-9)3-13-7(6)18-8(10,11)12/h3H,2H2,1H3. The molecule has 0 aliphatic carbocycles. The number of pyridine rings is 1. The van der Waals surface area contributed by atoms with Crippen LogP contribution in [0.25, 0.3) is 0 Å². The van der Waals surface area contributed by atoms with Gasteiger partial charge in [-0.05, 0) is 0 Å². The molecule has 0 unspecified atom stereocenters. The summed E-state index contributed by atoms with van der Waals surface area (Å²) in [5.74, 6) is -1.67. The van der Waals surface area contributed by atoms with Crippen molar-refractivity contribution >= 4 is 21.6 Å². The largest absolute Gasteiger partial charge is 0.574 e. The van der Waals surface area contributed by atoms with E-state index < -0.39 is 28.6 Å². The Morgan fingerprint density at radius 1 is 1.56 bits per heavy atom. The van der Waals surface area contributed by atoms with Crippen molar-refractivity contribution in [3.63, 3.8) is 0 Å². The maximum Gasteiger partial charge on any atom is 0.574 e. The minimum Gasteiger partial charge on any atom is -0.486 e. The van der Waals surface area contributed by atoms with E-state index in [0.29, 0.717) is 0 Å². The molecule has 10 heteroatoms. The van der Waals surface area contributed by atoms with E-state index in [4.69, 9.17) is 0 Å². The summed E-state index contributed by atoms with van der Waals surface area (Å²) < 4.78 is 44.4. The van der Waals surface area contributed by atoms with Crippen LogP contribution in [0.15, 0.2) is 6.20 Å². The number of hydrogen-bond acceptors (Lipinski definition) is 5. The second-order valence-electron chi connectivity index (χ2n) is 2.91. The zero-order valence-electron chi connectivity index (χ0n) is 8.82. The van der Waals surface area contributed by atoms with Crippen LogP contribution in [-0.4, -0.2) is 23.4 Å². The Balaban J connectivity index is 3.38. The van der Waals surface area contributed by atoms with Gasteiger partial charge in [0.1, 0.15) is 0 Å². The molecule has 0 aromatic carbocycles. The van der Waals surface area contributed by atoms with Crippen molar-refractivity contribution in [2.75, 3.05) is 7.11 Å². The van der Waals surface area contributed by atoms with Crippen molar-refractivity contribution in [3.05, 3.63) is 21.9 Å². The first kappa shape index (κ1) is 14.5. The average molecular weight is 331 g/mol. The second-order valence-corrected chi connectivity index (χ2v) is 3.47. The monoisotopic (exact) mass is 330 g/mol. The highest BCUT2D eigenvalue weighted by atomic mass is 79.9. The number of ether oxygens (including phenoxy) is 2. The van der Waals surface area contributed by atoms with Crippen LogP contribution in [0.3, 0.4) is 0 Å². The van der Waals surface area contributed by atoms with Crippen LogP contribution in [-0.2, 0) is 5.33 Å². The first-order valence-corrected chi connectivity index (χ1v) is 5.44. The van der Waals surface area contributed by atoms with Crippen LogP contribution >= 0.6 is 15.9 Å². The maximum atomic E-state index is 12.1. The van der Waals surface area contributed by atoms with E-state index in [2.05, 4.69) is 30.4 Å². The van der Waals surface area contributed by atoms with Crippen LogP contribution in [0.4, 0.5) is 18.9 Å². The molecular weight excluding hydrogens is 325 g/mol. The number of nitro groups is 1. The first-order valence-electron chi connectivity index (χ1n) is 4.32. The molecule has 1 heterocycles. The lowest BCUT2D eigenvalue weighted by molar-refractivity contribution is -0.386. The molecule has 1 rings (SSSR count). The molecule has 18 heavy (non-hydrogen) atoms. The Kier molecular flexibility index (Phi) is 4.33. The van der Waals surface area contributed by atoms with Crippen LogP contribution in [0, 0.1) is 10.1 Å². The van der Waals surface area contributed by atoms with E-state index in [-0.39, 0.29) is 10.9 Å². The number of halogens is 4. The molecule has 1 aromatic heterocycles. The molecule has 0 aliphatic rings. The van der Waals surface area contributed by atoms with Crippen molar-refractivity contribution in [1.82, 2.24) is 4.98 Å². The summed E-state index contributed by atoms with van der Waals surface area (Å²) in [6, 6.07) is 0. The van der Waals surface area contributed by atoms with E-state index in [1.54, 1.807) is 0 Å². The Hall–Kier alpha value is -1.58. The predicted octanol–water partition coefficient (Wildman–Crippen LogP) is 2.79. The number of hydrogen-bond donors (Lipinski definition) is 0. The summed E-state index contributed by atoms with van der Waals surface area (Å²) in [7, 11) is 0.991. The average Bonchev–Trinajstić information content (AvgIpc) is 2.26. The third-order valence-electron chi connectivity index (χ3n) is 1.79. The van der Waals surface area contributed by atoms with E-state index in [0.717, 1.165) is 13.3 Å². The van der Waals surface area contributed by atoms with Gasteiger partial charge >= 0.3 is 12.0 Å². The molecule has 0 saturated heterocycles. The van der Waals surface area contributed by atoms with Gasteiger partial charge in [-0.25, -0.2) is 4.98 Å². The van der Waals surface area contributed by atoms with Crippen molar-refractivity contribution in [2.24, 2.45) is 0 Å². The third-order valence-corrected chi connectivity index (χ3v) is 2.40. The Morgan fingerprint density at radius 2 is 2.17 bits per heavy atom. The van der Waals surface area contributed by atoms with Gasteiger partial charge in [-0.3, -0.25) is 10.1 Å².